The monoisotopic (exact) mass is 496 g/mol. The molecule has 138 valence electrons. The Morgan fingerprint density at radius 2 is 1.91 bits per heavy atom. The maximum atomic E-state index is 12.2. The van der Waals surface area contributed by atoms with Crippen LogP contribution in [0.25, 0.3) is 0 Å². The summed E-state index contributed by atoms with van der Waals surface area (Å²) in [6.45, 7) is 6.69. The Balaban J connectivity index is 0.00000484. The fraction of sp³-hybridized carbons (Fsp3) is 0.923. The van der Waals surface area contributed by atoms with Gasteiger partial charge in [0.2, 0.25) is 10.0 Å². The minimum Gasteiger partial charge on any atom is -0.355 e. The van der Waals surface area contributed by atoms with Gasteiger partial charge in [0.05, 0.1) is 5.75 Å². The molecule has 23 heavy (non-hydrogen) atoms. The lowest BCUT2D eigenvalue weighted by Gasteiger charge is -2.26. The first kappa shape index (κ1) is 23.6. The molecule has 0 radical (unpaired) electrons. The summed E-state index contributed by atoms with van der Waals surface area (Å²) in [6, 6.07) is 0. The van der Waals surface area contributed by atoms with E-state index in [0.717, 1.165) is 18.1 Å². The van der Waals surface area contributed by atoms with E-state index in [1.165, 1.54) is 0 Å². The van der Waals surface area contributed by atoms with Crippen LogP contribution in [0.4, 0.5) is 0 Å². The molecule has 0 amide bonds. The molecule has 1 aliphatic heterocycles. The third kappa shape index (κ3) is 9.03. The summed E-state index contributed by atoms with van der Waals surface area (Å²) >= 11 is 3.58. The second kappa shape index (κ2) is 11.3. The summed E-state index contributed by atoms with van der Waals surface area (Å²) in [5, 5.41) is 6.31. The lowest BCUT2D eigenvalue weighted by Crippen LogP contribution is -2.46. The van der Waals surface area contributed by atoms with Gasteiger partial charge in [0.25, 0.3) is 0 Å². The number of hydrogen-bond donors (Lipinski definition) is 2. The lowest BCUT2D eigenvalue weighted by molar-refractivity contribution is 0.443. The van der Waals surface area contributed by atoms with Gasteiger partial charge in [-0.15, -0.1) is 24.0 Å². The molecule has 0 aromatic heterocycles. The molecule has 0 aromatic rings. The van der Waals surface area contributed by atoms with Crippen molar-refractivity contribution in [3.63, 3.8) is 0 Å². The highest BCUT2D eigenvalue weighted by molar-refractivity contribution is 14.0. The van der Waals surface area contributed by atoms with E-state index in [-0.39, 0.29) is 34.5 Å². The molecule has 0 aliphatic carbocycles. The van der Waals surface area contributed by atoms with E-state index in [4.69, 9.17) is 0 Å². The molecule has 10 heteroatoms. The standard InChI is InChI=1S/C13H28N4O2S3.HI/c1-13(2,20-4)11-16-12(14-3)15-5-10-22(18,19)17-6-8-21-9-7-17;/h5-11H2,1-4H3,(H2,14,15,16);1H. The van der Waals surface area contributed by atoms with Crippen molar-refractivity contribution in [1.29, 1.82) is 0 Å². The van der Waals surface area contributed by atoms with Crippen LogP contribution in [0.15, 0.2) is 4.99 Å². The number of nitrogens with zero attached hydrogens (tertiary/aromatic N) is 2. The molecule has 0 aromatic carbocycles. The highest BCUT2D eigenvalue weighted by atomic mass is 127. The Bertz CT molecular complexity index is 466. The first-order valence-electron chi connectivity index (χ1n) is 7.36. The first-order valence-corrected chi connectivity index (χ1v) is 11.3. The zero-order valence-corrected chi connectivity index (χ0v) is 19.1. The average Bonchev–Trinajstić information content (AvgIpc) is 2.51. The zero-order chi connectivity index (χ0) is 16.6. The van der Waals surface area contributed by atoms with Crippen molar-refractivity contribution in [2.24, 2.45) is 4.99 Å². The summed E-state index contributed by atoms with van der Waals surface area (Å²) in [5.74, 6) is 2.52. The van der Waals surface area contributed by atoms with E-state index in [1.54, 1.807) is 34.9 Å². The Morgan fingerprint density at radius 3 is 2.43 bits per heavy atom. The maximum Gasteiger partial charge on any atom is 0.215 e. The number of hydrogen-bond acceptors (Lipinski definition) is 5. The van der Waals surface area contributed by atoms with Gasteiger partial charge in [-0.25, -0.2) is 12.7 Å². The van der Waals surface area contributed by atoms with Gasteiger partial charge >= 0.3 is 0 Å². The van der Waals surface area contributed by atoms with Crippen LogP contribution in [0, 0.1) is 0 Å². The molecule has 0 saturated carbocycles. The first-order chi connectivity index (χ1) is 10.3. The Kier molecular flexibility index (Phi) is 11.6. The molecule has 0 unspecified atom stereocenters. The third-order valence-electron chi connectivity index (χ3n) is 3.47. The van der Waals surface area contributed by atoms with Gasteiger partial charge in [-0.1, -0.05) is 0 Å². The van der Waals surface area contributed by atoms with Crippen LogP contribution < -0.4 is 10.6 Å². The normalized spacial score (nSPS) is 17.5. The number of halogens is 1. The molecular formula is C13H29IN4O2S3. The third-order valence-corrected chi connectivity index (χ3v) is 7.54. The quantitative estimate of drug-likeness (QED) is 0.315. The van der Waals surface area contributed by atoms with Crippen LogP contribution in [0.5, 0.6) is 0 Å². The largest absolute Gasteiger partial charge is 0.355 e. The van der Waals surface area contributed by atoms with Gasteiger partial charge in [0.15, 0.2) is 5.96 Å². The number of aliphatic imine (C=N–C) groups is 1. The van der Waals surface area contributed by atoms with Gasteiger partial charge in [-0.05, 0) is 20.1 Å². The molecule has 1 aliphatic rings. The van der Waals surface area contributed by atoms with Crippen LogP contribution in [0.2, 0.25) is 0 Å². The second-order valence-electron chi connectivity index (χ2n) is 5.64. The van der Waals surface area contributed by atoms with E-state index in [1.807, 2.05) is 0 Å². The van der Waals surface area contributed by atoms with Gasteiger partial charge < -0.3 is 10.6 Å². The van der Waals surface area contributed by atoms with Crippen molar-refractivity contribution in [2.75, 3.05) is 56.7 Å². The second-order valence-corrected chi connectivity index (χ2v) is 10.5. The van der Waals surface area contributed by atoms with Gasteiger partial charge in [0, 0.05) is 49.5 Å². The average molecular weight is 497 g/mol. The lowest BCUT2D eigenvalue weighted by atomic mass is 10.2. The molecule has 1 fully saturated rings. The zero-order valence-electron chi connectivity index (χ0n) is 14.3. The summed E-state index contributed by atoms with van der Waals surface area (Å²) < 4.78 is 26.2. The molecule has 2 N–H and O–H groups in total. The molecule has 0 spiro atoms. The Hall–Kier alpha value is 0.610. The SMILES string of the molecule is CN=C(NCCS(=O)(=O)N1CCSCC1)NCC(C)(C)SC.I. The predicted molar refractivity (Wildman–Crippen MR) is 115 cm³/mol. The number of thioether (sulfide) groups is 2. The molecule has 6 nitrogen and oxygen atoms in total. The van der Waals surface area contributed by atoms with Crippen LogP contribution in [-0.4, -0.2) is 80.2 Å². The predicted octanol–water partition coefficient (Wildman–Crippen LogP) is 1.29. The van der Waals surface area contributed by atoms with Crippen molar-refractivity contribution < 1.29 is 8.42 Å². The fourth-order valence-corrected chi connectivity index (χ4v) is 4.55. The van der Waals surface area contributed by atoms with Crippen molar-refractivity contribution in [2.45, 2.75) is 18.6 Å². The summed E-state index contributed by atoms with van der Waals surface area (Å²) in [7, 11) is -1.47. The topological polar surface area (TPSA) is 73.8 Å². The summed E-state index contributed by atoms with van der Waals surface area (Å²) in [5.41, 5.74) is 0. The van der Waals surface area contributed by atoms with Crippen molar-refractivity contribution >= 4 is 63.5 Å². The molecule has 0 bridgehead atoms. The van der Waals surface area contributed by atoms with E-state index in [0.29, 0.717) is 25.6 Å². The molecule has 1 rings (SSSR count). The number of rotatable bonds is 7. The summed E-state index contributed by atoms with van der Waals surface area (Å²) in [4.78, 5) is 4.13. The van der Waals surface area contributed by atoms with E-state index >= 15 is 0 Å². The van der Waals surface area contributed by atoms with Crippen LogP contribution in [0.1, 0.15) is 13.8 Å². The number of guanidine groups is 1. The van der Waals surface area contributed by atoms with E-state index in [2.05, 4.69) is 35.7 Å². The Labute approximate surface area is 166 Å². The maximum absolute atomic E-state index is 12.2. The molecular weight excluding hydrogens is 467 g/mol. The fourth-order valence-electron chi connectivity index (χ4n) is 1.84. The van der Waals surface area contributed by atoms with Crippen LogP contribution >= 0.6 is 47.5 Å². The smallest absolute Gasteiger partial charge is 0.215 e. The minimum absolute atomic E-state index is 0. The highest BCUT2D eigenvalue weighted by Crippen LogP contribution is 2.19. The van der Waals surface area contributed by atoms with Crippen molar-refractivity contribution in [3.05, 3.63) is 0 Å². The Morgan fingerprint density at radius 1 is 1.30 bits per heavy atom. The van der Waals surface area contributed by atoms with Crippen molar-refractivity contribution in [3.8, 4) is 0 Å². The number of sulfonamides is 1. The number of nitrogens with one attached hydrogen (secondary N) is 2. The highest BCUT2D eigenvalue weighted by Gasteiger charge is 2.23. The summed E-state index contributed by atoms with van der Waals surface area (Å²) in [6.07, 6.45) is 2.07. The van der Waals surface area contributed by atoms with Crippen LogP contribution in [-0.2, 0) is 10.0 Å². The van der Waals surface area contributed by atoms with Crippen LogP contribution in [0.3, 0.4) is 0 Å². The van der Waals surface area contributed by atoms with Gasteiger partial charge in [-0.3, -0.25) is 4.99 Å². The molecule has 1 heterocycles. The van der Waals surface area contributed by atoms with E-state index < -0.39 is 10.0 Å². The minimum atomic E-state index is -3.16. The van der Waals surface area contributed by atoms with Gasteiger partial charge in [0.1, 0.15) is 0 Å². The molecule has 1 saturated heterocycles. The van der Waals surface area contributed by atoms with Crippen molar-refractivity contribution in [1.82, 2.24) is 14.9 Å². The van der Waals surface area contributed by atoms with E-state index in [9.17, 15) is 8.42 Å². The molecule has 0 atom stereocenters. The van der Waals surface area contributed by atoms with Gasteiger partial charge in [-0.2, -0.15) is 23.5 Å².